The quantitative estimate of drug-likeness (QED) is 0.873. The number of ether oxygens (including phenoxy) is 2. The number of methoxy groups -OCH3 is 2. The van der Waals surface area contributed by atoms with Gasteiger partial charge >= 0.3 is 0 Å². The molecule has 1 aromatic rings. The molecule has 0 bridgehead atoms. The van der Waals surface area contributed by atoms with E-state index in [1.54, 1.807) is 20.3 Å². The molecule has 2 unspecified atom stereocenters. The zero-order valence-electron chi connectivity index (χ0n) is 11.4. The van der Waals surface area contributed by atoms with Gasteiger partial charge in [0.05, 0.1) is 24.9 Å². The van der Waals surface area contributed by atoms with Gasteiger partial charge in [-0.2, -0.15) is 0 Å². The maximum atomic E-state index is 6.17. The van der Waals surface area contributed by atoms with Crippen molar-refractivity contribution < 1.29 is 9.47 Å². The molecular formula is C14H21ClN2O2. The molecule has 0 amide bonds. The summed E-state index contributed by atoms with van der Waals surface area (Å²) >= 11 is 6.17. The lowest BCUT2D eigenvalue weighted by atomic mass is 10.0. The summed E-state index contributed by atoms with van der Waals surface area (Å²) in [4.78, 5) is 0. The number of hydrogen-bond acceptors (Lipinski definition) is 4. The number of benzene rings is 1. The fourth-order valence-corrected chi connectivity index (χ4v) is 2.92. The number of hydrogen-bond donors (Lipinski definition) is 2. The van der Waals surface area contributed by atoms with E-state index in [4.69, 9.17) is 26.8 Å². The first kappa shape index (κ1) is 14.3. The van der Waals surface area contributed by atoms with E-state index < -0.39 is 0 Å². The maximum Gasteiger partial charge on any atom is 0.145 e. The van der Waals surface area contributed by atoms with Crippen molar-refractivity contribution in [2.75, 3.05) is 26.1 Å². The van der Waals surface area contributed by atoms with Gasteiger partial charge in [-0.05, 0) is 31.4 Å². The summed E-state index contributed by atoms with van der Waals surface area (Å²) in [6.45, 7) is 0.712. The SMILES string of the molecule is COc1cc(OC)c(NC2CCCC2CN)cc1Cl. The highest BCUT2D eigenvalue weighted by Gasteiger charge is 2.26. The standard InChI is InChI=1S/C14H21ClN2O2/c1-18-13-7-14(19-2)12(6-10(13)15)17-11-5-3-4-9(11)8-16/h6-7,9,11,17H,3-5,8,16H2,1-2H3. The molecule has 2 atom stereocenters. The van der Waals surface area contributed by atoms with Crippen molar-refractivity contribution in [2.24, 2.45) is 11.7 Å². The van der Waals surface area contributed by atoms with Crippen molar-refractivity contribution in [3.63, 3.8) is 0 Å². The molecule has 1 saturated carbocycles. The maximum absolute atomic E-state index is 6.17. The molecule has 2 rings (SSSR count). The average Bonchev–Trinajstić information content (AvgIpc) is 2.86. The second kappa shape index (κ2) is 6.35. The van der Waals surface area contributed by atoms with E-state index in [1.807, 2.05) is 6.07 Å². The van der Waals surface area contributed by atoms with Gasteiger partial charge in [0.25, 0.3) is 0 Å². The van der Waals surface area contributed by atoms with Crippen molar-refractivity contribution in [1.29, 1.82) is 0 Å². The molecule has 0 heterocycles. The highest BCUT2D eigenvalue weighted by Crippen LogP contribution is 2.38. The molecule has 1 aliphatic rings. The number of nitrogens with two attached hydrogens (primary N) is 1. The minimum Gasteiger partial charge on any atom is -0.495 e. The highest BCUT2D eigenvalue weighted by atomic mass is 35.5. The second-order valence-electron chi connectivity index (χ2n) is 4.86. The van der Waals surface area contributed by atoms with Crippen LogP contribution in [-0.4, -0.2) is 26.8 Å². The number of rotatable bonds is 5. The second-order valence-corrected chi connectivity index (χ2v) is 5.27. The van der Waals surface area contributed by atoms with Crippen LogP contribution in [0.2, 0.25) is 5.02 Å². The van der Waals surface area contributed by atoms with E-state index in [0.717, 1.165) is 17.9 Å². The predicted octanol–water partition coefficient (Wildman–Crippen LogP) is 2.90. The Bertz CT molecular complexity index is 440. The summed E-state index contributed by atoms with van der Waals surface area (Å²) in [5.41, 5.74) is 6.71. The van der Waals surface area contributed by atoms with Crippen LogP contribution >= 0.6 is 11.6 Å². The van der Waals surface area contributed by atoms with Gasteiger partial charge in [0.1, 0.15) is 11.5 Å². The lowest BCUT2D eigenvalue weighted by molar-refractivity contribution is 0.394. The van der Waals surface area contributed by atoms with Crippen molar-refractivity contribution in [1.82, 2.24) is 0 Å². The summed E-state index contributed by atoms with van der Waals surface area (Å²) in [7, 11) is 3.23. The Morgan fingerprint density at radius 3 is 2.63 bits per heavy atom. The molecule has 1 aliphatic carbocycles. The average molecular weight is 285 g/mol. The van der Waals surface area contributed by atoms with Crippen LogP contribution in [0.5, 0.6) is 11.5 Å². The fourth-order valence-electron chi connectivity index (χ4n) is 2.68. The Labute approximate surface area is 119 Å². The lowest BCUT2D eigenvalue weighted by Crippen LogP contribution is -2.29. The highest BCUT2D eigenvalue weighted by molar-refractivity contribution is 6.32. The molecule has 0 spiro atoms. The summed E-state index contributed by atoms with van der Waals surface area (Å²) in [6.07, 6.45) is 3.53. The summed E-state index contributed by atoms with van der Waals surface area (Å²) < 4.78 is 10.6. The van der Waals surface area contributed by atoms with Gasteiger partial charge in [-0.3, -0.25) is 0 Å². The lowest BCUT2D eigenvalue weighted by Gasteiger charge is -2.22. The summed E-state index contributed by atoms with van der Waals surface area (Å²) in [5.74, 6) is 1.88. The van der Waals surface area contributed by atoms with Gasteiger partial charge in [-0.25, -0.2) is 0 Å². The molecule has 4 nitrogen and oxygen atoms in total. The van der Waals surface area contributed by atoms with Crippen LogP contribution in [0, 0.1) is 5.92 Å². The van der Waals surface area contributed by atoms with E-state index in [-0.39, 0.29) is 0 Å². The van der Waals surface area contributed by atoms with Crippen LogP contribution in [0.15, 0.2) is 12.1 Å². The van der Waals surface area contributed by atoms with Crippen LogP contribution in [-0.2, 0) is 0 Å². The van der Waals surface area contributed by atoms with Gasteiger partial charge < -0.3 is 20.5 Å². The zero-order chi connectivity index (χ0) is 13.8. The number of nitrogens with one attached hydrogen (secondary N) is 1. The Morgan fingerprint density at radius 1 is 1.26 bits per heavy atom. The Kier molecular flexibility index (Phi) is 4.77. The molecule has 19 heavy (non-hydrogen) atoms. The molecule has 0 radical (unpaired) electrons. The molecule has 106 valence electrons. The van der Waals surface area contributed by atoms with Crippen LogP contribution in [0.25, 0.3) is 0 Å². The van der Waals surface area contributed by atoms with Gasteiger partial charge in [-0.1, -0.05) is 18.0 Å². The normalized spacial score (nSPS) is 22.3. The van der Waals surface area contributed by atoms with Crippen LogP contribution < -0.4 is 20.5 Å². The minimum absolute atomic E-state index is 0.392. The third-order valence-corrected chi connectivity index (χ3v) is 4.07. The van der Waals surface area contributed by atoms with Gasteiger partial charge in [0.15, 0.2) is 0 Å². The third kappa shape index (κ3) is 3.07. The van der Waals surface area contributed by atoms with Crippen LogP contribution in [0.1, 0.15) is 19.3 Å². The first-order valence-electron chi connectivity index (χ1n) is 6.57. The summed E-state index contributed by atoms with van der Waals surface area (Å²) in [6, 6.07) is 4.05. The molecule has 0 aliphatic heterocycles. The molecule has 1 fully saturated rings. The van der Waals surface area contributed by atoms with Gasteiger partial charge in [-0.15, -0.1) is 0 Å². The zero-order valence-corrected chi connectivity index (χ0v) is 12.2. The van der Waals surface area contributed by atoms with Crippen molar-refractivity contribution in [2.45, 2.75) is 25.3 Å². The topological polar surface area (TPSA) is 56.5 Å². The Morgan fingerprint density at radius 2 is 2.00 bits per heavy atom. The van der Waals surface area contributed by atoms with Crippen molar-refractivity contribution >= 4 is 17.3 Å². The first-order valence-corrected chi connectivity index (χ1v) is 6.95. The Hall–Kier alpha value is -1.13. The van der Waals surface area contributed by atoms with E-state index in [2.05, 4.69) is 5.32 Å². The summed E-state index contributed by atoms with van der Waals surface area (Å²) in [5, 5.41) is 4.09. The third-order valence-electron chi connectivity index (χ3n) is 3.78. The molecule has 5 heteroatoms. The van der Waals surface area contributed by atoms with Gasteiger partial charge in [0, 0.05) is 12.1 Å². The van der Waals surface area contributed by atoms with Crippen LogP contribution in [0.3, 0.4) is 0 Å². The molecule has 1 aromatic carbocycles. The van der Waals surface area contributed by atoms with Gasteiger partial charge in [0.2, 0.25) is 0 Å². The van der Waals surface area contributed by atoms with E-state index >= 15 is 0 Å². The molecule has 3 N–H and O–H groups in total. The smallest absolute Gasteiger partial charge is 0.145 e. The molecular weight excluding hydrogens is 264 g/mol. The van der Waals surface area contributed by atoms with Crippen molar-refractivity contribution in [3.8, 4) is 11.5 Å². The predicted molar refractivity (Wildman–Crippen MR) is 78.4 cm³/mol. The molecule has 0 saturated heterocycles. The molecule has 0 aromatic heterocycles. The Balaban J connectivity index is 2.21. The monoisotopic (exact) mass is 284 g/mol. The van der Waals surface area contributed by atoms with Crippen LogP contribution in [0.4, 0.5) is 5.69 Å². The van der Waals surface area contributed by atoms with E-state index in [0.29, 0.717) is 29.3 Å². The van der Waals surface area contributed by atoms with E-state index in [1.165, 1.54) is 12.8 Å². The number of anilines is 1. The number of halogens is 1. The first-order chi connectivity index (χ1) is 9.19. The fraction of sp³-hybridized carbons (Fsp3) is 0.571. The van der Waals surface area contributed by atoms with Crippen molar-refractivity contribution in [3.05, 3.63) is 17.2 Å². The minimum atomic E-state index is 0.392. The van der Waals surface area contributed by atoms with E-state index in [9.17, 15) is 0 Å². The largest absolute Gasteiger partial charge is 0.495 e.